The molecular formula is C12H27NOS. The van der Waals surface area contributed by atoms with Crippen LogP contribution in [0.2, 0.25) is 0 Å². The molecule has 0 aromatic rings. The van der Waals surface area contributed by atoms with Gasteiger partial charge in [0.25, 0.3) is 0 Å². The molecule has 0 aliphatic heterocycles. The van der Waals surface area contributed by atoms with Crippen molar-refractivity contribution in [1.82, 2.24) is 5.32 Å². The van der Waals surface area contributed by atoms with Crippen molar-refractivity contribution >= 4 is 10.8 Å². The zero-order valence-electron chi connectivity index (χ0n) is 10.9. The van der Waals surface area contributed by atoms with Crippen molar-refractivity contribution in [3.8, 4) is 0 Å². The fraction of sp³-hybridized carbons (Fsp3) is 1.00. The van der Waals surface area contributed by atoms with Crippen LogP contribution in [0, 0.1) is 5.92 Å². The van der Waals surface area contributed by atoms with Crippen LogP contribution in [-0.4, -0.2) is 27.8 Å². The number of nitrogens with one attached hydrogen (secondary N) is 1. The standard InChI is InChI=1S/C12H27NOS/c1-6-13-11(4)9-12(5)15(14)8-7-10(2)3/h10-13H,6-9H2,1-5H3. The Morgan fingerprint density at radius 2 is 1.80 bits per heavy atom. The van der Waals surface area contributed by atoms with E-state index in [0.717, 1.165) is 25.1 Å². The molecule has 0 aliphatic carbocycles. The van der Waals surface area contributed by atoms with Gasteiger partial charge < -0.3 is 5.32 Å². The second-order valence-electron chi connectivity index (χ2n) is 4.77. The quantitative estimate of drug-likeness (QED) is 0.698. The van der Waals surface area contributed by atoms with E-state index in [1.807, 2.05) is 0 Å². The molecule has 2 nitrogen and oxygen atoms in total. The van der Waals surface area contributed by atoms with E-state index in [1.54, 1.807) is 0 Å². The van der Waals surface area contributed by atoms with E-state index in [-0.39, 0.29) is 0 Å². The van der Waals surface area contributed by atoms with Crippen LogP contribution in [0.15, 0.2) is 0 Å². The molecule has 0 fully saturated rings. The summed E-state index contributed by atoms with van der Waals surface area (Å²) >= 11 is 0. The van der Waals surface area contributed by atoms with E-state index in [9.17, 15) is 4.21 Å². The minimum atomic E-state index is -0.650. The molecule has 1 N–H and O–H groups in total. The molecule has 0 spiro atoms. The van der Waals surface area contributed by atoms with E-state index in [1.165, 1.54) is 0 Å². The van der Waals surface area contributed by atoms with Gasteiger partial charge in [-0.1, -0.05) is 27.7 Å². The lowest BCUT2D eigenvalue weighted by Gasteiger charge is -2.18. The third kappa shape index (κ3) is 7.97. The lowest BCUT2D eigenvalue weighted by atomic mass is 10.2. The van der Waals surface area contributed by atoms with Crippen LogP contribution >= 0.6 is 0 Å². The first-order chi connectivity index (χ1) is 6.97. The van der Waals surface area contributed by atoms with Crippen LogP contribution in [0.3, 0.4) is 0 Å². The molecule has 15 heavy (non-hydrogen) atoms. The smallest absolute Gasteiger partial charge is 0.0334 e. The molecule has 0 heterocycles. The fourth-order valence-corrected chi connectivity index (χ4v) is 3.20. The average molecular weight is 233 g/mol. The lowest BCUT2D eigenvalue weighted by molar-refractivity contribution is 0.522. The highest BCUT2D eigenvalue weighted by Crippen LogP contribution is 2.09. The average Bonchev–Trinajstić information content (AvgIpc) is 2.14. The number of rotatable bonds is 8. The van der Waals surface area contributed by atoms with Crippen LogP contribution in [0.25, 0.3) is 0 Å². The molecule has 0 amide bonds. The third-order valence-electron chi connectivity index (χ3n) is 2.58. The SMILES string of the molecule is CCNC(C)CC(C)S(=O)CCC(C)C. The van der Waals surface area contributed by atoms with Crippen molar-refractivity contribution < 1.29 is 4.21 Å². The van der Waals surface area contributed by atoms with E-state index in [4.69, 9.17) is 0 Å². The predicted molar refractivity (Wildman–Crippen MR) is 69.7 cm³/mol. The Labute approximate surface area is 97.7 Å². The van der Waals surface area contributed by atoms with Gasteiger partial charge in [-0.3, -0.25) is 4.21 Å². The Morgan fingerprint density at radius 3 is 2.27 bits per heavy atom. The maximum atomic E-state index is 11.9. The molecule has 0 aromatic carbocycles. The van der Waals surface area contributed by atoms with E-state index < -0.39 is 10.8 Å². The van der Waals surface area contributed by atoms with Gasteiger partial charge in [-0.2, -0.15) is 0 Å². The Hall–Kier alpha value is 0.110. The zero-order chi connectivity index (χ0) is 11.8. The van der Waals surface area contributed by atoms with E-state index in [0.29, 0.717) is 17.2 Å². The van der Waals surface area contributed by atoms with Gasteiger partial charge >= 0.3 is 0 Å². The van der Waals surface area contributed by atoms with Crippen LogP contribution in [0.1, 0.15) is 47.5 Å². The first kappa shape index (κ1) is 15.1. The molecule has 0 rings (SSSR count). The van der Waals surface area contributed by atoms with Crippen molar-refractivity contribution in [2.75, 3.05) is 12.3 Å². The first-order valence-electron chi connectivity index (χ1n) is 6.07. The molecule has 3 unspecified atom stereocenters. The second kappa shape index (κ2) is 8.28. The highest BCUT2D eigenvalue weighted by atomic mass is 32.2. The minimum absolute atomic E-state index is 0.317. The highest BCUT2D eigenvalue weighted by Gasteiger charge is 2.14. The summed E-state index contributed by atoms with van der Waals surface area (Å²) in [4.78, 5) is 0. The Balaban J connectivity index is 3.78. The summed E-state index contributed by atoms with van der Waals surface area (Å²) in [5, 5.41) is 3.68. The van der Waals surface area contributed by atoms with Crippen LogP contribution in [0.5, 0.6) is 0 Å². The van der Waals surface area contributed by atoms with Crippen molar-refractivity contribution in [2.24, 2.45) is 5.92 Å². The first-order valence-corrected chi connectivity index (χ1v) is 7.46. The van der Waals surface area contributed by atoms with E-state index in [2.05, 4.69) is 39.9 Å². The summed E-state index contributed by atoms with van der Waals surface area (Å²) in [5.74, 6) is 1.52. The van der Waals surface area contributed by atoms with Crippen molar-refractivity contribution in [3.05, 3.63) is 0 Å². The summed E-state index contributed by atoms with van der Waals surface area (Å²) in [7, 11) is -0.650. The lowest BCUT2D eigenvalue weighted by Crippen LogP contribution is -2.31. The van der Waals surface area contributed by atoms with Gasteiger partial charge in [0.15, 0.2) is 0 Å². The summed E-state index contributed by atoms with van der Waals surface area (Å²) in [6.45, 7) is 11.7. The molecular weight excluding hydrogens is 206 g/mol. The largest absolute Gasteiger partial charge is 0.314 e. The molecule has 0 saturated carbocycles. The summed E-state index contributed by atoms with van der Waals surface area (Å²) in [6, 6.07) is 0.480. The predicted octanol–water partition coefficient (Wildman–Crippen LogP) is 2.56. The van der Waals surface area contributed by atoms with Crippen LogP contribution < -0.4 is 5.32 Å². The van der Waals surface area contributed by atoms with Crippen LogP contribution in [-0.2, 0) is 10.8 Å². The summed E-state index contributed by atoms with van der Waals surface area (Å²) in [6.07, 6.45) is 2.09. The number of hydrogen-bond acceptors (Lipinski definition) is 2. The van der Waals surface area contributed by atoms with Crippen molar-refractivity contribution in [3.63, 3.8) is 0 Å². The van der Waals surface area contributed by atoms with Gasteiger partial charge in [-0.15, -0.1) is 0 Å². The minimum Gasteiger partial charge on any atom is -0.314 e. The maximum absolute atomic E-state index is 11.9. The highest BCUT2D eigenvalue weighted by molar-refractivity contribution is 7.85. The van der Waals surface area contributed by atoms with Gasteiger partial charge in [0.1, 0.15) is 0 Å². The van der Waals surface area contributed by atoms with Gasteiger partial charge in [-0.25, -0.2) is 0 Å². The van der Waals surface area contributed by atoms with Crippen molar-refractivity contribution in [1.29, 1.82) is 0 Å². The third-order valence-corrected chi connectivity index (χ3v) is 4.31. The molecule has 0 radical (unpaired) electrons. The Morgan fingerprint density at radius 1 is 1.20 bits per heavy atom. The molecule has 0 saturated heterocycles. The molecule has 3 heteroatoms. The summed E-state index contributed by atoms with van der Waals surface area (Å²) in [5.41, 5.74) is 0. The topological polar surface area (TPSA) is 29.1 Å². The summed E-state index contributed by atoms with van der Waals surface area (Å²) < 4.78 is 11.9. The second-order valence-corrected chi connectivity index (χ2v) is 6.75. The van der Waals surface area contributed by atoms with Crippen LogP contribution in [0.4, 0.5) is 0 Å². The van der Waals surface area contributed by atoms with Gasteiger partial charge in [0.05, 0.1) is 0 Å². The Bertz CT molecular complexity index is 182. The number of hydrogen-bond donors (Lipinski definition) is 1. The Kier molecular flexibility index (Phi) is 8.34. The van der Waals surface area contributed by atoms with Gasteiger partial charge in [0, 0.05) is 27.8 Å². The molecule has 92 valence electrons. The molecule has 0 bridgehead atoms. The zero-order valence-corrected chi connectivity index (χ0v) is 11.7. The molecule has 0 aromatic heterocycles. The molecule has 0 aliphatic rings. The monoisotopic (exact) mass is 233 g/mol. The van der Waals surface area contributed by atoms with E-state index >= 15 is 0 Å². The van der Waals surface area contributed by atoms with Crippen molar-refractivity contribution in [2.45, 2.75) is 58.8 Å². The molecule has 3 atom stereocenters. The fourth-order valence-electron chi connectivity index (χ4n) is 1.59. The normalized spacial score (nSPS) is 17.7. The van der Waals surface area contributed by atoms with Gasteiger partial charge in [-0.05, 0) is 32.2 Å². The maximum Gasteiger partial charge on any atom is 0.0334 e. The van der Waals surface area contributed by atoms with Gasteiger partial charge in [0.2, 0.25) is 0 Å².